The zero-order valence-electron chi connectivity index (χ0n) is 15.3. The van der Waals surface area contributed by atoms with E-state index in [1.807, 2.05) is 37.4 Å². The molecule has 6 heteroatoms. The van der Waals surface area contributed by atoms with Crippen molar-refractivity contribution in [1.29, 1.82) is 0 Å². The highest BCUT2D eigenvalue weighted by atomic mass is 16.2. The number of para-hydroxylation sites is 1. The van der Waals surface area contributed by atoms with Gasteiger partial charge in [0.1, 0.15) is 5.82 Å². The lowest BCUT2D eigenvalue weighted by Crippen LogP contribution is -2.33. The van der Waals surface area contributed by atoms with E-state index in [1.165, 1.54) is 0 Å². The normalized spacial score (nSPS) is 22.5. The quantitative estimate of drug-likeness (QED) is 0.869. The molecule has 0 bridgehead atoms. The molecule has 0 atom stereocenters. The maximum atomic E-state index is 12.8. The van der Waals surface area contributed by atoms with Crippen molar-refractivity contribution < 1.29 is 4.79 Å². The van der Waals surface area contributed by atoms with Gasteiger partial charge in [-0.1, -0.05) is 12.1 Å². The van der Waals surface area contributed by atoms with Gasteiger partial charge in [0.15, 0.2) is 0 Å². The van der Waals surface area contributed by atoms with Gasteiger partial charge in [-0.25, -0.2) is 4.98 Å². The second-order valence-corrected chi connectivity index (χ2v) is 7.25. The summed E-state index contributed by atoms with van der Waals surface area (Å²) in [6.07, 6.45) is 6.01. The highest BCUT2D eigenvalue weighted by Crippen LogP contribution is 2.39. The van der Waals surface area contributed by atoms with E-state index in [1.54, 1.807) is 18.1 Å². The van der Waals surface area contributed by atoms with Gasteiger partial charge in [-0.3, -0.25) is 4.79 Å². The van der Waals surface area contributed by atoms with Gasteiger partial charge in [0.2, 0.25) is 0 Å². The van der Waals surface area contributed by atoms with E-state index in [4.69, 9.17) is 5.73 Å². The van der Waals surface area contributed by atoms with E-state index in [0.717, 1.165) is 48.6 Å². The Morgan fingerprint density at radius 3 is 2.54 bits per heavy atom. The molecule has 1 amide bonds. The minimum Gasteiger partial charge on any atom is -0.367 e. The summed E-state index contributed by atoms with van der Waals surface area (Å²) in [7, 11) is 3.79. The Morgan fingerprint density at radius 1 is 1.04 bits per heavy atom. The third-order valence-electron chi connectivity index (χ3n) is 5.51. The molecular formula is C20H25N5O. The lowest BCUT2D eigenvalue weighted by molar-refractivity contribution is 0.0994. The van der Waals surface area contributed by atoms with Crippen molar-refractivity contribution in [2.45, 2.75) is 37.8 Å². The number of pyridine rings is 1. The zero-order chi connectivity index (χ0) is 18.3. The van der Waals surface area contributed by atoms with Crippen LogP contribution >= 0.6 is 0 Å². The molecule has 2 heterocycles. The van der Waals surface area contributed by atoms with Crippen molar-refractivity contribution >= 4 is 28.8 Å². The Kier molecular flexibility index (Phi) is 4.28. The van der Waals surface area contributed by atoms with E-state index in [9.17, 15) is 4.79 Å². The lowest BCUT2D eigenvalue weighted by atomic mass is 9.92. The van der Waals surface area contributed by atoms with Crippen LogP contribution in [0.2, 0.25) is 0 Å². The number of nitrogens with zero attached hydrogens (tertiary/aromatic N) is 3. The Hall–Kier alpha value is -2.60. The van der Waals surface area contributed by atoms with E-state index in [-0.39, 0.29) is 5.91 Å². The van der Waals surface area contributed by atoms with Crippen LogP contribution in [0.5, 0.6) is 0 Å². The molecule has 1 aliphatic heterocycles. The summed E-state index contributed by atoms with van der Waals surface area (Å²) in [5.74, 6) is 0.825. The predicted molar refractivity (Wildman–Crippen MR) is 105 cm³/mol. The minimum atomic E-state index is -0.0185. The number of hydrogen-bond donors (Lipinski definition) is 2. The average Bonchev–Trinajstić information content (AvgIpc) is 2.74. The molecular weight excluding hydrogens is 326 g/mol. The number of carbonyl (C=O) groups is 1. The lowest BCUT2D eigenvalue weighted by Gasteiger charge is -2.28. The molecule has 1 aromatic heterocycles. The molecule has 1 aliphatic carbocycles. The van der Waals surface area contributed by atoms with Crippen molar-refractivity contribution in [1.82, 2.24) is 4.98 Å². The zero-order valence-corrected chi connectivity index (χ0v) is 15.3. The first-order valence-corrected chi connectivity index (χ1v) is 9.17. The minimum absolute atomic E-state index is 0.0185. The first-order valence-electron chi connectivity index (χ1n) is 9.17. The maximum Gasteiger partial charge on any atom is 0.260 e. The number of benzene rings is 1. The molecule has 136 valence electrons. The monoisotopic (exact) mass is 351 g/mol. The fourth-order valence-corrected chi connectivity index (χ4v) is 3.88. The number of nitrogens with two attached hydrogens (primary N) is 1. The number of amides is 1. The van der Waals surface area contributed by atoms with E-state index in [0.29, 0.717) is 17.6 Å². The summed E-state index contributed by atoms with van der Waals surface area (Å²) in [5.41, 5.74) is 9.39. The molecule has 3 N–H and O–H groups in total. The van der Waals surface area contributed by atoms with E-state index in [2.05, 4.69) is 15.2 Å². The number of rotatable bonds is 2. The Morgan fingerprint density at radius 2 is 1.77 bits per heavy atom. The second-order valence-electron chi connectivity index (χ2n) is 7.25. The van der Waals surface area contributed by atoms with Crippen LogP contribution in [0.15, 0.2) is 36.5 Å². The molecule has 6 nitrogen and oxygen atoms in total. The summed E-state index contributed by atoms with van der Waals surface area (Å²) >= 11 is 0. The topological polar surface area (TPSA) is 74.5 Å². The van der Waals surface area contributed by atoms with Gasteiger partial charge in [-0.15, -0.1) is 0 Å². The van der Waals surface area contributed by atoms with Crippen LogP contribution in [0, 0.1) is 0 Å². The van der Waals surface area contributed by atoms with Crippen LogP contribution in [0.25, 0.3) is 0 Å². The van der Waals surface area contributed by atoms with Gasteiger partial charge in [-0.2, -0.15) is 0 Å². The van der Waals surface area contributed by atoms with Crippen molar-refractivity contribution in [2.75, 3.05) is 29.2 Å². The number of fused-ring (bicyclic) bond motifs is 2. The van der Waals surface area contributed by atoms with Crippen molar-refractivity contribution in [3.8, 4) is 0 Å². The standard InChI is InChI=1S/C20H25N5O/c1-24-16-6-4-3-5-15(16)20(26)25(2)18-12-22-19(11-17(18)24)23-14-9-7-13(21)8-10-14/h3-6,11-14H,7-10,21H2,1-2H3,(H,22,23). The maximum absolute atomic E-state index is 12.8. The molecule has 0 saturated heterocycles. The summed E-state index contributed by atoms with van der Waals surface area (Å²) in [5, 5.41) is 3.55. The number of hydrogen-bond acceptors (Lipinski definition) is 5. The van der Waals surface area contributed by atoms with Crippen LogP contribution in [-0.2, 0) is 0 Å². The Balaban J connectivity index is 1.68. The molecule has 1 aromatic carbocycles. The van der Waals surface area contributed by atoms with Crippen LogP contribution < -0.4 is 20.9 Å². The van der Waals surface area contributed by atoms with E-state index >= 15 is 0 Å². The van der Waals surface area contributed by atoms with Crippen LogP contribution in [0.4, 0.5) is 22.9 Å². The summed E-state index contributed by atoms with van der Waals surface area (Å²) < 4.78 is 0. The second kappa shape index (κ2) is 6.61. The van der Waals surface area contributed by atoms with Gasteiger partial charge in [0.05, 0.1) is 28.8 Å². The smallest absolute Gasteiger partial charge is 0.260 e. The van der Waals surface area contributed by atoms with Crippen LogP contribution in [-0.4, -0.2) is 37.1 Å². The van der Waals surface area contributed by atoms with Crippen LogP contribution in [0.3, 0.4) is 0 Å². The first kappa shape index (κ1) is 16.8. The summed E-state index contributed by atoms with van der Waals surface area (Å²) in [6.45, 7) is 0. The van der Waals surface area contributed by atoms with Gasteiger partial charge in [0.25, 0.3) is 5.91 Å². The van der Waals surface area contributed by atoms with Crippen molar-refractivity contribution in [3.63, 3.8) is 0 Å². The van der Waals surface area contributed by atoms with Crippen molar-refractivity contribution in [3.05, 3.63) is 42.1 Å². The molecule has 26 heavy (non-hydrogen) atoms. The van der Waals surface area contributed by atoms with Gasteiger partial charge in [0, 0.05) is 32.2 Å². The fraction of sp³-hybridized carbons (Fsp3) is 0.400. The molecule has 4 rings (SSSR count). The van der Waals surface area contributed by atoms with Gasteiger partial charge in [-0.05, 0) is 37.8 Å². The van der Waals surface area contributed by atoms with Crippen molar-refractivity contribution in [2.24, 2.45) is 5.73 Å². The Bertz CT molecular complexity index is 829. The molecule has 2 aliphatic rings. The average molecular weight is 351 g/mol. The van der Waals surface area contributed by atoms with Gasteiger partial charge >= 0.3 is 0 Å². The molecule has 0 unspecified atom stereocenters. The third-order valence-corrected chi connectivity index (χ3v) is 5.51. The fourth-order valence-electron chi connectivity index (χ4n) is 3.88. The van der Waals surface area contributed by atoms with Crippen LogP contribution in [0.1, 0.15) is 36.0 Å². The SMILES string of the molecule is CN1C(=O)c2ccccc2N(C)c2cc(NC3CCC(N)CC3)ncc21. The highest BCUT2D eigenvalue weighted by Gasteiger charge is 2.28. The predicted octanol–water partition coefficient (Wildman–Crippen LogP) is 3.12. The number of aromatic nitrogens is 1. The summed E-state index contributed by atoms with van der Waals surface area (Å²) in [4.78, 5) is 21.1. The molecule has 0 radical (unpaired) electrons. The Labute approximate surface area is 154 Å². The largest absolute Gasteiger partial charge is 0.367 e. The molecule has 0 spiro atoms. The number of anilines is 4. The molecule has 1 fully saturated rings. The van der Waals surface area contributed by atoms with Gasteiger partial charge < -0.3 is 20.9 Å². The summed E-state index contributed by atoms with van der Waals surface area (Å²) in [6, 6.07) is 10.5. The van der Waals surface area contributed by atoms with E-state index < -0.39 is 0 Å². The highest BCUT2D eigenvalue weighted by molar-refractivity contribution is 6.13. The third kappa shape index (κ3) is 2.90. The number of carbonyl (C=O) groups excluding carboxylic acids is 1. The number of nitrogens with one attached hydrogen (secondary N) is 1. The first-order chi connectivity index (χ1) is 12.5. The molecule has 2 aromatic rings. The molecule has 1 saturated carbocycles.